The molecule has 0 saturated carbocycles. The average Bonchev–Trinajstić information content (AvgIpc) is 2.59. The first-order valence-corrected chi connectivity index (χ1v) is 4.96. The number of hydrogen-bond donors (Lipinski definition) is 2. The topological polar surface area (TPSA) is 84.6 Å². The summed E-state index contributed by atoms with van der Waals surface area (Å²) in [5, 5.41) is 22.2. The zero-order chi connectivity index (χ0) is 12.3. The van der Waals surface area contributed by atoms with Crippen molar-refractivity contribution in [2.75, 3.05) is 0 Å². The highest BCUT2D eigenvalue weighted by atomic mass is 16.5. The number of carbonyl (C=O) groups is 1. The van der Waals surface area contributed by atoms with Crippen molar-refractivity contribution in [2.45, 2.75) is 32.2 Å². The molecular formula is C10H16N2O4. The molecule has 1 aromatic heterocycles. The van der Waals surface area contributed by atoms with Crippen molar-refractivity contribution in [3.63, 3.8) is 0 Å². The Hall–Kier alpha value is -1.40. The van der Waals surface area contributed by atoms with Gasteiger partial charge in [-0.3, -0.25) is 4.68 Å². The Morgan fingerprint density at radius 2 is 2.19 bits per heavy atom. The molecule has 3 unspecified atom stereocenters. The number of aliphatic carboxylic acids is 1. The number of aryl methyl sites for hydroxylation is 1. The van der Waals surface area contributed by atoms with Crippen LogP contribution in [0.5, 0.6) is 0 Å². The fourth-order valence-electron chi connectivity index (χ4n) is 1.18. The lowest BCUT2D eigenvalue weighted by atomic mass is 10.2. The van der Waals surface area contributed by atoms with E-state index in [1.165, 1.54) is 10.9 Å². The highest BCUT2D eigenvalue weighted by molar-refractivity contribution is 5.74. The predicted octanol–water partition coefficient (Wildman–Crippen LogP) is 0.332. The molecule has 2 N–H and O–H groups in total. The van der Waals surface area contributed by atoms with E-state index in [0.29, 0.717) is 5.56 Å². The van der Waals surface area contributed by atoms with Gasteiger partial charge in [0.25, 0.3) is 0 Å². The SMILES string of the molecule is CC(O)C(C)OC(C(=O)O)c1cnn(C)c1. The van der Waals surface area contributed by atoms with Gasteiger partial charge in [0.1, 0.15) is 0 Å². The Morgan fingerprint density at radius 1 is 1.56 bits per heavy atom. The molecule has 0 bridgehead atoms. The van der Waals surface area contributed by atoms with Crippen molar-refractivity contribution in [3.8, 4) is 0 Å². The van der Waals surface area contributed by atoms with Crippen molar-refractivity contribution in [2.24, 2.45) is 7.05 Å². The molecule has 0 aliphatic heterocycles. The van der Waals surface area contributed by atoms with Gasteiger partial charge in [-0.25, -0.2) is 4.79 Å². The second-order valence-electron chi connectivity index (χ2n) is 3.75. The van der Waals surface area contributed by atoms with Crippen LogP contribution < -0.4 is 0 Å². The molecule has 0 fully saturated rings. The third-order valence-corrected chi connectivity index (χ3v) is 2.28. The summed E-state index contributed by atoms with van der Waals surface area (Å²) in [6, 6.07) is 0. The Morgan fingerprint density at radius 3 is 2.56 bits per heavy atom. The molecule has 6 nitrogen and oxygen atoms in total. The molecule has 0 spiro atoms. The molecule has 0 saturated heterocycles. The van der Waals surface area contributed by atoms with Crippen LogP contribution in [0.1, 0.15) is 25.5 Å². The summed E-state index contributed by atoms with van der Waals surface area (Å²) in [6.07, 6.45) is 0.638. The van der Waals surface area contributed by atoms with Gasteiger partial charge in [0.2, 0.25) is 0 Å². The summed E-state index contributed by atoms with van der Waals surface area (Å²) >= 11 is 0. The fraction of sp³-hybridized carbons (Fsp3) is 0.600. The van der Waals surface area contributed by atoms with Crippen LogP contribution in [0.4, 0.5) is 0 Å². The van der Waals surface area contributed by atoms with Gasteiger partial charge in [-0.2, -0.15) is 5.10 Å². The van der Waals surface area contributed by atoms with E-state index >= 15 is 0 Å². The number of nitrogens with zero attached hydrogens (tertiary/aromatic N) is 2. The van der Waals surface area contributed by atoms with Gasteiger partial charge in [0.15, 0.2) is 6.10 Å². The van der Waals surface area contributed by atoms with Crippen LogP contribution in [-0.2, 0) is 16.6 Å². The lowest BCUT2D eigenvalue weighted by molar-refractivity contribution is -0.158. The normalized spacial score (nSPS) is 16.8. The van der Waals surface area contributed by atoms with E-state index in [1.54, 1.807) is 27.1 Å². The maximum Gasteiger partial charge on any atom is 0.337 e. The molecule has 1 heterocycles. The van der Waals surface area contributed by atoms with E-state index in [0.717, 1.165) is 0 Å². The molecule has 1 rings (SSSR count). The lowest BCUT2D eigenvalue weighted by Crippen LogP contribution is -2.28. The van der Waals surface area contributed by atoms with Crippen LogP contribution in [-0.4, -0.2) is 38.2 Å². The van der Waals surface area contributed by atoms with Gasteiger partial charge < -0.3 is 14.9 Å². The summed E-state index contributed by atoms with van der Waals surface area (Å²) in [5.41, 5.74) is 0.461. The first-order chi connectivity index (χ1) is 7.41. The molecular weight excluding hydrogens is 212 g/mol. The summed E-state index contributed by atoms with van der Waals surface area (Å²) < 4.78 is 6.77. The first-order valence-electron chi connectivity index (χ1n) is 4.96. The zero-order valence-corrected chi connectivity index (χ0v) is 9.49. The zero-order valence-electron chi connectivity index (χ0n) is 9.49. The van der Waals surface area contributed by atoms with Gasteiger partial charge in [0.05, 0.1) is 18.4 Å². The number of rotatable bonds is 5. The van der Waals surface area contributed by atoms with Crippen LogP contribution >= 0.6 is 0 Å². The van der Waals surface area contributed by atoms with E-state index in [4.69, 9.17) is 9.84 Å². The predicted molar refractivity (Wildman–Crippen MR) is 55.8 cm³/mol. The van der Waals surface area contributed by atoms with E-state index in [9.17, 15) is 9.90 Å². The van der Waals surface area contributed by atoms with Crippen molar-refractivity contribution in [1.29, 1.82) is 0 Å². The fourth-order valence-corrected chi connectivity index (χ4v) is 1.18. The molecule has 6 heteroatoms. The summed E-state index contributed by atoms with van der Waals surface area (Å²) in [7, 11) is 1.69. The number of aliphatic hydroxyl groups is 1. The van der Waals surface area contributed by atoms with E-state index in [2.05, 4.69) is 5.10 Å². The maximum atomic E-state index is 11.0. The number of ether oxygens (including phenoxy) is 1. The molecule has 16 heavy (non-hydrogen) atoms. The molecule has 0 amide bonds. The number of carboxylic acid groups (broad SMARTS) is 1. The monoisotopic (exact) mass is 228 g/mol. The van der Waals surface area contributed by atoms with Gasteiger partial charge in [-0.1, -0.05) is 0 Å². The number of aromatic nitrogens is 2. The van der Waals surface area contributed by atoms with Gasteiger partial charge in [-0.15, -0.1) is 0 Å². The quantitative estimate of drug-likeness (QED) is 0.758. The Balaban J connectivity index is 2.80. The van der Waals surface area contributed by atoms with Gasteiger partial charge in [-0.05, 0) is 13.8 Å². The third-order valence-electron chi connectivity index (χ3n) is 2.28. The second kappa shape index (κ2) is 5.09. The summed E-state index contributed by atoms with van der Waals surface area (Å²) in [6.45, 7) is 3.17. The maximum absolute atomic E-state index is 11.0. The summed E-state index contributed by atoms with van der Waals surface area (Å²) in [4.78, 5) is 11.0. The van der Waals surface area contributed by atoms with Crippen molar-refractivity contribution in [3.05, 3.63) is 18.0 Å². The van der Waals surface area contributed by atoms with Crippen molar-refractivity contribution in [1.82, 2.24) is 9.78 Å². The average molecular weight is 228 g/mol. The highest BCUT2D eigenvalue weighted by Crippen LogP contribution is 2.19. The standard InChI is InChI=1S/C10H16N2O4/c1-6(13)7(2)16-9(10(14)15)8-4-11-12(3)5-8/h4-7,9,13H,1-3H3,(H,14,15). The molecule has 90 valence electrons. The number of hydrogen-bond acceptors (Lipinski definition) is 4. The molecule has 0 aromatic carbocycles. The van der Waals surface area contributed by atoms with E-state index < -0.39 is 24.3 Å². The summed E-state index contributed by atoms with van der Waals surface area (Å²) in [5.74, 6) is -1.10. The third kappa shape index (κ3) is 3.04. The minimum atomic E-state index is -1.10. The first kappa shape index (κ1) is 12.7. The Labute approximate surface area is 93.5 Å². The molecule has 3 atom stereocenters. The van der Waals surface area contributed by atoms with Crippen LogP contribution in [0, 0.1) is 0 Å². The van der Waals surface area contributed by atoms with Crippen molar-refractivity contribution >= 4 is 5.97 Å². The molecule has 0 radical (unpaired) electrons. The van der Waals surface area contributed by atoms with Gasteiger partial charge in [0, 0.05) is 18.8 Å². The lowest BCUT2D eigenvalue weighted by Gasteiger charge is -2.20. The van der Waals surface area contributed by atoms with E-state index in [-0.39, 0.29) is 0 Å². The minimum absolute atomic E-state index is 0.461. The smallest absolute Gasteiger partial charge is 0.337 e. The largest absolute Gasteiger partial charge is 0.479 e. The minimum Gasteiger partial charge on any atom is -0.479 e. The molecule has 0 aliphatic carbocycles. The number of aliphatic hydroxyl groups excluding tert-OH is 1. The van der Waals surface area contributed by atoms with Gasteiger partial charge >= 0.3 is 5.97 Å². The van der Waals surface area contributed by atoms with Crippen LogP contribution in [0.3, 0.4) is 0 Å². The van der Waals surface area contributed by atoms with Crippen LogP contribution in [0.2, 0.25) is 0 Å². The molecule has 0 aliphatic rings. The molecule has 1 aromatic rings. The van der Waals surface area contributed by atoms with Crippen LogP contribution in [0.15, 0.2) is 12.4 Å². The Bertz CT molecular complexity index is 361. The van der Waals surface area contributed by atoms with E-state index in [1.807, 2.05) is 0 Å². The highest BCUT2D eigenvalue weighted by Gasteiger charge is 2.26. The van der Waals surface area contributed by atoms with Crippen LogP contribution in [0.25, 0.3) is 0 Å². The second-order valence-corrected chi connectivity index (χ2v) is 3.75. The number of carboxylic acids is 1. The van der Waals surface area contributed by atoms with Crippen molar-refractivity contribution < 1.29 is 19.7 Å². The Kier molecular flexibility index (Phi) is 4.03.